The van der Waals surface area contributed by atoms with Crippen molar-refractivity contribution in [2.24, 2.45) is 0 Å². The van der Waals surface area contributed by atoms with Crippen LogP contribution in [0.25, 0.3) is 0 Å². The minimum absolute atomic E-state index is 0.104. The van der Waals surface area contributed by atoms with Crippen molar-refractivity contribution in [3.05, 3.63) is 41.6 Å². The Bertz CT molecular complexity index is 574. The molecule has 0 bridgehead atoms. The molecular weight excluding hydrogens is 240 g/mol. The molecule has 0 radical (unpaired) electrons. The second-order valence-corrected chi connectivity index (χ2v) is 4.83. The van der Waals surface area contributed by atoms with Gasteiger partial charge in [0.15, 0.2) is 5.82 Å². The highest BCUT2D eigenvalue weighted by Gasteiger charge is 2.08. The number of nitrogens with two attached hydrogens (primary N) is 1. The SMILES string of the molecule is CC(C)c1cc(NC(=O)Cc2cccc(N)c2)n[nH]1. The number of aromatic nitrogens is 2. The highest BCUT2D eigenvalue weighted by molar-refractivity contribution is 5.91. The second kappa shape index (κ2) is 5.56. The molecule has 1 amide bonds. The predicted octanol–water partition coefficient (Wildman–Crippen LogP) is 2.30. The number of aromatic amines is 1. The van der Waals surface area contributed by atoms with Crippen LogP contribution in [0, 0.1) is 0 Å². The molecule has 0 spiro atoms. The molecule has 5 heteroatoms. The number of carbonyl (C=O) groups is 1. The molecule has 0 aliphatic heterocycles. The molecule has 0 fully saturated rings. The average Bonchev–Trinajstić information content (AvgIpc) is 2.77. The zero-order valence-electron chi connectivity index (χ0n) is 11.1. The number of rotatable bonds is 4. The Kier molecular flexibility index (Phi) is 3.85. The maximum absolute atomic E-state index is 11.9. The van der Waals surface area contributed by atoms with E-state index in [4.69, 9.17) is 5.73 Å². The Hall–Kier alpha value is -2.30. The highest BCUT2D eigenvalue weighted by atomic mass is 16.1. The summed E-state index contributed by atoms with van der Waals surface area (Å²) in [6, 6.07) is 9.15. The third kappa shape index (κ3) is 3.58. The van der Waals surface area contributed by atoms with Crippen molar-refractivity contribution in [2.45, 2.75) is 26.2 Å². The molecular formula is C14H18N4O. The second-order valence-electron chi connectivity index (χ2n) is 4.83. The number of nitrogens with one attached hydrogen (secondary N) is 2. The smallest absolute Gasteiger partial charge is 0.229 e. The number of hydrogen-bond acceptors (Lipinski definition) is 3. The molecule has 1 aromatic carbocycles. The van der Waals surface area contributed by atoms with Crippen LogP contribution in [0.2, 0.25) is 0 Å². The van der Waals surface area contributed by atoms with Crippen LogP contribution >= 0.6 is 0 Å². The number of anilines is 2. The Balaban J connectivity index is 1.97. The van der Waals surface area contributed by atoms with Gasteiger partial charge in [-0.3, -0.25) is 9.89 Å². The fourth-order valence-electron chi connectivity index (χ4n) is 1.77. The molecule has 0 saturated carbocycles. The summed E-state index contributed by atoms with van der Waals surface area (Å²) in [5, 5.41) is 9.72. The lowest BCUT2D eigenvalue weighted by Crippen LogP contribution is -2.14. The normalized spacial score (nSPS) is 10.7. The van der Waals surface area contributed by atoms with Crippen LogP contribution in [0.1, 0.15) is 31.0 Å². The van der Waals surface area contributed by atoms with Gasteiger partial charge in [0.1, 0.15) is 0 Å². The van der Waals surface area contributed by atoms with Gasteiger partial charge in [-0.15, -0.1) is 0 Å². The van der Waals surface area contributed by atoms with Crippen molar-refractivity contribution < 1.29 is 4.79 Å². The van der Waals surface area contributed by atoms with Gasteiger partial charge in [0.25, 0.3) is 0 Å². The summed E-state index contributed by atoms with van der Waals surface area (Å²) in [5.74, 6) is 0.803. The van der Waals surface area contributed by atoms with Gasteiger partial charge in [0.05, 0.1) is 6.42 Å². The van der Waals surface area contributed by atoms with Gasteiger partial charge in [-0.2, -0.15) is 5.10 Å². The zero-order chi connectivity index (χ0) is 13.8. The number of H-pyrrole nitrogens is 1. The monoisotopic (exact) mass is 258 g/mol. The van der Waals surface area contributed by atoms with E-state index in [1.165, 1.54) is 0 Å². The van der Waals surface area contributed by atoms with Gasteiger partial charge >= 0.3 is 0 Å². The van der Waals surface area contributed by atoms with Crippen LogP contribution in [0.15, 0.2) is 30.3 Å². The molecule has 100 valence electrons. The Morgan fingerprint density at radius 1 is 1.42 bits per heavy atom. The molecule has 0 aliphatic rings. The standard InChI is InChI=1S/C14H18N4O/c1-9(2)12-8-13(18-17-12)16-14(19)7-10-4-3-5-11(15)6-10/h3-6,8-9H,7,15H2,1-2H3,(H2,16,17,18,19). The summed E-state index contributed by atoms with van der Waals surface area (Å²) < 4.78 is 0. The molecule has 0 aliphatic carbocycles. The van der Waals surface area contributed by atoms with Crippen molar-refractivity contribution in [1.29, 1.82) is 0 Å². The summed E-state index contributed by atoms with van der Waals surface area (Å²) in [7, 11) is 0. The topological polar surface area (TPSA) is 83.8 Å². The van der Waals surface area contributed by atoms with E-state index < -0.39 is 0 Å². The van der Waals surface area contributed by atoms with E-state index >= 15 is 0 Å². The third-order valence-corrected chi connectivity index (χ3v) is 2.80. The van der Waals surface area contributed by atoms with E-state index in [1.54, 1.807) is 12.1 Å². The first-order valence-electron chi connectivity index (χ1n) is 6.24. The van der Waals surface area contributed by atoms with Crippen molar-refractivity contribution in [1.82, 2.24) is 10.2 Å². The minimum Gasteiger partial charge on any atom is -0.399 e. The van der Waals surface area contributed by atoms with Gasteiger partial charge in [-0.1, -0.05) is 26.0 Å². The lowest BCUT2D eigenvalue weighted by Gasteiger charge is -2.03. The molecule has 4 N–H and O–H groups in total. The number of amides is 1. The molecule has 2 aromatic rings. The summed E-state index contributed by atoms with van der Waals surface area (Å²) >= 11 is 0. The third-order valence-electron chi connectivity index (χ3n) is 2.80. The van der Waals surface area contributed by atoms with E-state index in [0.29, 0.717) is 17.4 Å². The number of benzene rings is 1. The molecule has 0 unspecified atom stereocenters. The van der Waals surface area contributed by atoms with Gasteiger partial charge in [0.2, 0.25) is 5.91 Å². The maximum atomic E-state index is 11.9. The summed E-state index contributed by atoms with van der Waals surface area (Å²) in [6.07, 6.45) is 0.287. The lowest BCUT2D eigenvalue weighted by molar-refractivity contribution is -0.115. The summed E-state index contributed by atoms with van der Waals surface area (Å²) in [5.41, 5.74) is 8.22. The largest absolute Gasteiger partial charge is 0.399 e. The van der Waals surface area contributed by atoms with Crippen molar-refractivity contribution >= 4 is 17.4 Å². The molecule has 0 saturated heterocycles. The van der Waals surface area contributed by atoms with E-state index in [9.17, 15) is 4.79 Å². The van der Waals surface area contributed by atoms with E-state index in [2.05, 4.69) is 29.4 Å². The number of hydrogen-bond donors (Lipinski definition) is 3. The predicted molar refractivity (Wildman–Crippen MR) is 75.9 cm³/mol. The molecule has 2 rings (SSSR count). The van der Waals surface area contributed by atoms with Crippen molar-refractivity contribution in [3.63, 3.8) is 0 Å². The van der Waals surface area contributed by atoms with E-state index in [0.717, 1.165) is 11.3 Å². The van der Waals surface area contributed by atoms with Crippen LogP contribution in [0.4, 0.5) is 11.5 Å². The van der Waals surface area contributed by atoms with Crippen molar-refractivity contribution in [2.75, 3.05) is 11.1 Å². The van der Waals surface area contributed by atoms with Gasteiger partial charge in [-0.05, 0) is 23.6 Å². The lowest BCUT2D eigenvalue weighted by atomic mass is 10.1. The fraction of sp³-hybridized carbons (Fsp3) is 0.286. The van der Waals surface area contributed by atoms with Crippen LogP contribution in [0.3, 0.4) is 0 Å². The van der Waals surface area contributed by atoms with Crippen LogP contribution in [0.5, 0.6) is 0 Å². The van der Waals surface area contributed by atoms with Crippen LogP contribution in [-0.4, -0.2) is 16.1 Å². The molecule has 1 aromatic heterocycles. The Labute approximate surface area is 112 Å². The number of nitrogen functional groups attached to an aromatic ring is 1. The Morgan fingerprint density at radius 2 is 2.21 bits per heavy atom. The number of carbonyl (C=O) groups excluding carboxylic acids is 1. The number of nitrogens with zero attached hydrogens (tertiary/aromatic N) is 1. The van der Waals surface area contributed by atoms with Gasteiger partial charge < -0.3 is 11.1 Å². The van der Waals surface area contributed by atoms with Crippen molar-refractivity contribution in [3.8, 4) is 0 Å². The zero-order valence-corrected chi connectivity index (χ0v) is 11.1. The minimum atomic E-state index is -0.104. The average molecular weight is 258 g/mol. The summed E-state index contributed by atoms with van der Waals surface area (Å²) in [4.78, 5) is 11.9. The fourth-order valence-corrected chi connectivity index (χ4v) is 1.77. The highest BCUT2D eigenvalue weighted by Crippen LogP contribution is 2.15. The molecule has 19 heavy (non-hydrogen) atoms. The van der Waals surface area contributed by atoms with Gasteiger partial charge in [0, 0.05) is 17.4 Å². The summed E-state index contributed by atoms with van der Waals surface area (Å²) in [6.45, 7) is 4.12. The quantitative estimate of drug-likeness (QED) is 0.736. The van der Waals surface area contributed by atoms with Crippen LogP contribution in [-0.2, 0) is 11.2 Å². The molecule has 5 nitrogen and oxygen atoms in total. The van der Waals surface area contributed by atoms with E-state index in [-0.39, 0.29) is 12.3 Å². The maximum Gasteiger partial charge on any atom is 0.229 e. The van der Waals surface area contributed by atoms with E-state index in [1.807, 2.05) is 18.2 Å². The Morgan fingerprint density at radius 3 is 2.84 bits per heavy atom. The molecule has 1 heterocycles. The first kappa shape index (κ1) is 13.1. The van der Waals surface area contributed by atoms with Crippen LogP contribution < -0.4 is 11.1 Å². The van der Waals surface area contributed by atoms with Gasteiger partial charge in [-0.25, -0.2) is 0 Å². The first-order valence-corrected chi connectivity index (χ1v) is 6.24. The first-order chi connectivity index (χ1) is 9.04. The molecule has 0 atom stereocenters.